The molecule has 0 bridgehead atoms. The zero-order valence-corrected chi connectivity index (χ0v) is 6.13. The summed E-state index contributed by atoms with van der Waals surface area (Å²) < 4.78 is 12.7. The summed E-state index contributed by atoms with van der Waals surface area (Å²) in [5.41, 5.74) is 5.98. The number of hydrogen-bond acceptors (Lipinski definition) is 1. The van der Waals surface area contributed by atoms with Crippen LogP contribution in [0.15, 0.2) is 30.3 Å². The molecule has 0 amide bonds. The fourth-order valence-electron chi connectivity index (χ4n) is 1.28. The molecule has 1 aliphatic carbocycles. The monoisotopic (exact) mass is 151 g/mol. The Kier molecular flexibility index (Phi) is 1.26. The summed E-state index contributed by atoms with van der Waals surface area (Å²) in [5.74, 6) is 0. The molecule has 2 atom stereocenters. The van der Waals surface area contributed by atoms with E-state index in [1.807, 2.05) is 30.3 Å². The quantitative estimate of drug-likeness (QED) is 0.648. The molecule has 1 aromatic rings. The Morgan fingerprint density at radius 1 is 1.36 bits per heavy atom. The van der Waals surface area contributed by atoms with Gasteiger partial charge < -0.3 is 5.73 Å². The van der Waals surface area contributed by atoms with Gasteiger partial charge in [-0.3, -0.25) is 0 Å². The first-order valence-corrected chi connectivity index (χ1v) is 3.72. The van der Waals surface area contributed by atoms with Crippen LogP contribution in [0.3, 0.4) is 0 Å². The van der Waals surface area contributed by atoms with Crippen LogP contribution in [0.2, 0.25) is 0 Å². The van der Waals surface area contributed by atoms with Crippen molar-refractivity contribution in [2.75, 3.05) is 0 Å². The van der Waals surface area contributed by atoms with Crippen molar-refractivity contribution in [2.24, 2.45) is 5.73 Å². The van der Waals surface area contributed by atoms with Gasteiger partial charge in [-0.25, -0.2) is 4.39 Å². The maximum atomic E-state index is 12.7. The Labute approximate surface area is 65.0 Å². The molecular weight excluding hydrogens is 141 g/mol. The molecule has 0 heterocycles. The number of benzene rings is 1. The second-order valence-corrected chi connectivity index (χ2v) is 3.08. The molecule has 58 valence electrons. The van der Waals surface area contributed by atoms with Gasteiger partial charge >= 0.3 is 0 Å². The fourth-order valence-corrected chi connectivity index (χ4v) is 1.28. The van der Waals surface area contributed by atoms with Crippen LogP contribution in [0.1, 0.15) is 12.0 Å². The highest BCUT2D eigenvalue weighted by Crippen LogP contribution is 2.45. The van der Waals surface area contributed by atoms with E-state index in [4.69, 9.17) is 5.73 Å². The minimum Gasteiger partial charge on any atom is -0.319 e. The number of alkyl halides is 1. The highest BCUT2D eigenvalue weighted by atomic mass is 19.1. The standard InChI is InChI=1S/C9H10FN/c10-8-6-9(8,11)7-4-2-1-3-5-7/h1-5,8H,6,11H2/t8-,9-/m1/s1. The van der Waals surface area contributed by atoms with Crippen LogP contribution in [0.4, 0.5) is 4.39 Å². The third-order valence-electron chi connectivity index (χ3n) is 2.23. The summed E-state index contributed by atoms with van der Waals surface area (Å²) in [5, 5.41) is 0. The predicted molar refractivity (Wildman–Crippen MR) is 41.8 cm³/mol. The van der Waals surface area contributed by atoms with Crippen LogP contribution in [0.5, 0.6) is 0 Å². The first kappa shape index (κ1) is 6.80. The second kappa shape index (κ2) is 2.05. The summed E-state index contributed by atoms with van der Waals surface area (Å²) in [6.45, 7) is 0. The Hall–Kier alpha value is -0.890. The van der Waals surface area contributed by atoms with E-state index >= 15 is 0 Å². The van der Waals surface area contributed by atoms with Gasteiger partial charge in [0.15, 0.2) is 0 Å². The van der Waals surface area contributed by atoms with E-state index in [1.165, 1.54) is 0 Å². The van der Waals surface area contributed by atoms with Crippen molar-refractivity contribution < 1.29 is 4.39 Å². The highest BCUT2D eigenvalue weighted by Gasteiger charge is 2.53. The van der Waals surface area contributed by atoms with Crippen LogP contribution >= 0.6 is 0 Å². The minimum atomic E-state index is -0.843. The van der Waals surface area contributed by atoms with E-state index in [1.54, 1.807) is 0 Å². The van der Waals surface area contributed by atoms with Gasteiger partial charge in [-0.1, -0.05) is 30.3 Å². The minimum absolute atomic E-state index is 0.469. The van der Waals surface area contributed by atoms with Crippen LogP contribution < -0.4 is 5.73 Å². The summed E-state index contributed by atoms with van der Waals surface area (Å²) in [4.78, 5) is 0. The molecule has 0 unspecified atom stereocenters. The molecule has 1 saturated carbocycles. The lowest BCUT2D eigenvalue weighted by atomic mass is 10.1. The predicted octanol–water partition coefficient (Wildman–Crippen LogP) is 1.58. The van der Waals surface area contributed by atoms with E-state index < -0.39 is 11.7 Å². The molecule has 2 rings (SSSR count). The first-order chi connectivity index (χ1) is 5.23. The van der Waals surface area contributed by atoms with Gasteiger partial charge in [0, 0.05) is 6.42 Å². The number of halogens is 1. The van der Waals surface area contributed by atoms with E-state index in [2.05, 4.69) is 0 Å². The molecule has 0 aromatic heterocycles. The van der Waals surface area contributed by atoms with Gasteiger partial charge in [0.1, 0.15) is 6.17 Å². The molecule has 0 saturated heterocycles. The lowest BCUT2D eigenvalue weighted by molar-refractivity contribution is 0.425. The Balaban J connectivity index is 2.32. The van der Waals surface area contributed by atoms with Crippen molar-refractivity contribution in [3.05, 3.63) is 35.9 Å². The molecule has 0 spiro atoms. The Morgan fingerprint density at radius 2 is 1.91 bits per heavy atom. The lowest BCUT2D eigenvalue weighted by Crippen LogP contribution is -2.22. The number of rotatable bonds is 1. The summed E-state index contributed by atoms with van der Waals surface area (Å²) in [6, 6.07) is 9.42. The molecule has 1 nitrogen and oxygen atoms in total. The molecule has 2 N–H and O–H groups in total. The van der Waals surface area contributed by atoms with E-state index in [9.17, 15) is 4.39 Å². The first-order valence-electron chi connectivity index (χ1n) is 3.72. The largest absolute Gasteiger partial charge is 0.319 e. The molecule has 1 fully saturated rings. The zero-order chi connectivity index (χ0) is 7.90. The number of hydrogen-bond donors (Lipinski definition) is 1. The van der Waals surface area contributed by atoms with E-state index in [-0.39, 0.29) is 0 Å². The Morgan fingerprint density at radius 3 is 2.36 bits per heavy atom. The molecule has 11 heavy (non-hydrogen) atoms. The third-order valence-corrected chi connectivity index (χ3v) is 2.23. The topological polar surface area (TPSA) is 26.0 Å². The average molecular weight is 151 g/mol. The lowest BCUT2D eigenvalue weighted by Gasteiger charge is -2.07. The molecule has 2 heteroatoms. The van der Waals surface area contributed by atoms with Gasteiger partial charge in [0.2, 0.25) is 0 Å². The smallest absolute Gasteiger partial charge is 0.124 e. The Bertz CT molecular complexity index is 260. The van der Waals surface area contributed by atoms with Gasteiger partial charge in [-0.05, 0) is 5.56 Å². The third kappa shape index (κ3) is 0.942. The molecule has 0 aliphatic heterocycles. The maximum absolute atomic E-state index is 12.7. The van der Waals surface area contributed by atoms with E-state index in [0.717, 1.165) is 5.56 Å². The molecule has 1 aromatic carbocycles. The zero-order valence-electron chi connectivity index (χ0n) is 6.13. The summed E-state index contributed by atoms with van der Waals surface area (Å²) in [6.07, 6.45) is -0.373. The van der Waals surface area contributed by atoms with Crippen LogP contribution in [-0.4, -0.2) is 6.17 Å². The van der Waals surface area contributed by atoms with Gasteiger partial charge in [-0.2, -0.15) is 0 Å². The summed E-state index contributed by atoms with van der Waals surface area (Å²) in [7, 11) is 0. The molecule has 0 radical (unpaired) electrons. The van der Waals surface area contributed by atoms with Crippen molar-refractivity contribution in [3.8, 4) is 0 Å². The fraction of sp³-hybridized carbons (Fsp3) is 0.333. The van der Waals surface area contributed by atoms with Crippen molar-refractivity contribution in [1.29, 1.82) is 0 Å². The SMILES string of the molecule is N[C@@]1(c2ccccc2)C[C@H]1F. The molecule has 1 aliphatic rings. The van der Waals surface area contributed by atoms with Gasteiger partial charge in [0.05, 0.1) is 5.54 Å². The molecular formula is C9H10FN. The highest BCUT2D eigenvalue weighted by molar-refractivity contribution is 5.32. The number of nitrogens with two attached hydrogens (primary N) is 1. The van der Waals surface area contributed by atoms with Crippen LogP contribution in [0, 0.1) is 0 Å². The van der Waals surface area contributed by atoms with E-state index in [0.29, 0.717) is 6.42 Å². The van der Waals surface area contributed by atoms with Crippen molar-refractivity contribution in [2.45, 2.75) is 18.1 Å². The van der Waals surface area contributed by atoms with Crippen molar-refractivity contribution in [1.82, 2.24) is 0 Å². The average Bonchev–Trinajstić information content (AvgIpc) is 2.64. The normalized spacial score (nSPS) is 35.3. The van der Waals surface area contributed by atoms with Crippen LogP contribution in [0.25, 0.3) is 0 Å². The van der Waals surface area contributed by atoms with Crippen molar-refractivity contribution >= 4 is 0 Å². The van der Waals surface area contributed by atoms with Gasteiger partial charge in [-0.15, -0.1) is 0 Å². The maximum Gasteiger partial charge on any atom is 0.124 e. The van der Waals surface area contributed by atoms with Crippen molar-refractivity contribution in [3.63, 3.8) is 0 Å². The van der Waals surface area contributed by atoms with Crippen LogP contribution in [-0.2, 0) is 5.54 Å². The summed E-state index contributed by atoms with van der Waals surface area (Å²) >= 11 is 0. The van der Waals surface area contributed by atoms with Gasteiger partial charge in [0.25, 0.3) is 0 Å². The second-order valence-electron chi connectivity index (χ2n) is 3.08.